The van der Waals surface area contributed by atoms with Gasteiger partial charge in [0, 0.05) is 5.39 Å². The highest BCUT2D eigenvalue weighted by atomic mass is 16.5. The molecular weight excluding hydrogens is 422 g/mol. The van der Waals surface area contributed by atoms with Gasteiger partial charge >= 0.3 is 0 Å². The normalized spacial score (nSPS) is 11.6. The lowest BCUT2D eigenvalue weighted by Crippen LogP contribution is -1.98. The van der Waals surface area contributed by atoms with Crippen molar-refractivity contribution in [2.45, 2.75) is 13.5 Å². The molecule has 3 aromatic carbocycles. The molecule has 0 aliphatic carbocycles. The Morgan fingerprint density at radius 3 is 2.59 bits per heavy atom. The lowest BCUT2D eigenvalue weighted by molar-refractivity contribution is 0.302. The average Bonchev–Trinajstić information content (AvgIpc) is 3.40. The molecule has 0 saturated heterocycles. The van der Waals surface area contributed by atoms with Crippen LogP contribution in [0.3, 0.4) is 0 Å². The average molecular weight is 446 g/mol. The van der Waals surface area contributed by atoms with Gasteiger partial charge in [-0.1, -0.05) is 72.8 Å². The van der Waals surface area contributed by atoms with E-state index in [0.29, 0.717) is 12.4 Å². The predicted molar refractivity (Wildman–Crippen MR) is 136 cm³/mol. The van der Waals surface area contributed by atoms with Gasteiger partial charge in [0.2, 0.25) is 0 Å². The first-order chi connectivity index (χ1) is 16.7. The van der Waals surface area contributed by atoms with Crippen LogP contribution in [0.25, 0.3) is 35.2 Å². The van der Waals surface area contributed by atoms with Gasteiger partial charge < -0.3 is 4.74 Å². The zero-order valence-corrected chi connectivity index (χ0v) is 18.7. The highest BCUT2D eigenvalue weighted by Gasteiger charge is 2.01. The number of hydrogen-bond acceptors (Lipinski definition) is 5. The maximum atomic E-state index is 6.01. The quantitative estimate of drug-likeness (QED) is 0.312. The molecule has 0 fully saturated rings. The smallest absolute Gasteiger partial charge is 0.197 e. The van der Waals surface area contributed by atoms with Gasteiger partial charge in [0.15, 0.2) is 5.82 Å². The fourth-order valence-electron chi connectivity index (χ4n) is 3.64. The monoisotopic (exact) mass is 445 g/mol. The van der Waals surface area contributed by atoms with Gasteiger partial charge in [0.25, 0.3) is 0 Å². The molecule has 0 aliphatic heterocycles. The summed E-state index contributed by atoms with van der Waals surface area (Å²) in [6.45, 7) is 2.53. The van der Waals surface area contributed by atoms with E-state index in [1.54, 1.807) is 0 Å². The Bertz CT molecular complexity index is 1470. The standard InChI is InChI=1S/C28H23N5O/c1-20-17-22(11-16-28-30-32-33-31-28)10-13-23(20)12-9-21-5-4-7-26(18-21)34-19-25-15-14-24-6-2-3-8-27(24)29-25/h2-18H,19H2,1H3,(H,30,31,32,33)/b12-9+,16-11+. The molecule has 0 amide bonds. The Labute approximate surface area is 197 Å². The molecule has 0 unspecified atom stereocenters. The molecule has 1 N–H and O–H groups in total. The number of hydrogen-bond donors (Lipinski definition) is 1. The molecule has 34 heavy (non-hydrogen) atoms. The molecule has 5 aromatic rings. The van der Waals surface area contributed by atoms with Crippen LogP contribution in [0.5, 0.6) is 5.75 Å². The highest BCUT2D eigenvalue weighted by Crippen LogP contribution is 2.20. The summed E-state index contributed by atoms with van der Waals surface area (Å²) in [5, 5.41) is 15.0. The molecule has 2 aromatic heterocycles. The summed E-state index contributed by atoms with van der Waals surface area (Å²) >= 11 is 0. The Kier molecular flexibility index (Phi) is 6.21. The number of ether oxygens (including phenoxy) is 1. The van der Waals surface area contributed by atoms with Gasteiger partial charge in [-0.3, -0.25) is 0 Å². The van der Waals surface area contributed by atoms with Crippen molar-refractivity contribution in [1.29, 1.82) is 0 Å². The van der Waals surface area contributed by atoms with Crippen molar-refractivity contribution in [2.24, 2.45) is 0 Å². The summed E-state index contributed by atoms with van der Waals surface area (Å²) in [7, 11) is 0. The van der Waals surface area contributed by atoms with Crippen molar-refractivity contribution in [3.05, 3.63) is 113 Å². The number of para-hydroxylation sites is 1. The van der Waals surface area contributed by atoms with Crippen LogP contribution in [0, 0.1) is 6.92 Å². The Morgan fingerprint density at radius 1 is 0.824 bits per heavy atom. The van der Waals surface area contributed by atoms with Crippen molar-refractivity contribution in [3.8, 4) is 5.75 Å². The van der Waals surface area contributed by atoms with E-state index in [-0.39, 0.29) is 0 Å². The minimum Gasteiger partial charge on any atom is -0.487 e. The summed E-state index contributed by atoms with van der Waals surface area (Å²) in [6, 6.07) is 26.6. The van der Waals surface area contributed by atoms with Crippen molar-refractivity contribution in [3.63, 3.8) is 0 Å². The van der Waals surface area contributed by atoms with Crippen molar-refractivity contribution < 1.29 is 4.74 Å². The van der Waals surface area contributed by atoms with Gasteiger partial charge in [0.05, 0.1) is 11.2 Å². The van der Waals surface area contributed by atoms with Gasteiger partial charge in [-0.2, -0.15) is 5.21 Å². The van der Waals surface area contributed by atoms with Crippen LogP contribution in [0.2, 0.25) is 0 Å². The number of benzene rings is 3. The summed E-state index contributed by atoms with van der Waals surface area (Å²) in [6.07, 6.45) is 8.01. The number of aryl methyl sites for hydroxylation is 1. The molecular formula is C28H23N5O. The van der Waals surface area contributed by atoms with Crippen LogP contribution in [0.15, 0.2) is 78.9 Å². The van der Waals surface area contributed by atoms with E-state index in [1.165, 1.54) is 5.56 Å². The maximum absolute atomic E-state index is 6.01. The molecule has 0 spiro atoms. The van der Waals surface area contributed by atoms with E-state index < -0.39 is 0 Å². The Morgan fingerprint density at radius 2 is 1.71 bits per heavy atom. The van der Waals surface area contributed by atoms with Crippen LogP contribution in [-0.4, -0.2) is 25.6 Å². The SMILES string of the molecule is Cc1cc(/C=C/c2nn[nH]n2)ccc1/C=C/c1cccc(OCc2ccc3ccccc3n2)c1. The Balaban J connectivity index is 1.24. The fourth-order valence-corrected chi connectivity index (χ4v) is 3.64. The number of fused-ring (bicyclic) bond motifs is 1. The Hall–Kier alpha value is -4.58. The number of nitrogens with one attached hydrogen (secondary N) is 1. The number of tetrazole rings is 1. The zero-order chi connectivity index (χ0) is 23.2. The number of aromatic amines is 1. The van der Waals surface area contributed by atoms with Crippen LogP contribution < -0.4 is 4.74 Å². The van der Waals surface area contributed by atoms with E-state index in [0.717, 1.165) is 39.0 Å². The maximum Gasteiger partial charge on any atom is 0.197 e. The summed E-state index contributed by atoms with van der Waals surface area (Å²) in [5.74, 6) is 1.37. The first-order valence-electron chi connectivity index (χ1n) is 11.0. The molecule has 0 radical (unpaired) electrons. The first-order valence-corrected chi connectivity index (χ1v) is 11.0. The molecule has 2 heterocycles. The lowest BCUT2D eigenvalue weighted by Gasteiger charge is -2.08. The summed E-state index contributed by atoms with van der Waals surface area (Å²) < 4.78 is 6.01. The fraction of sp³-hybridized carbons (Fsp3) is 0.0714. The van der Waals surface area contributed by atoms with E-state index >= 15 is 0 Å². The number of nitrogens with zero attached hydrogens (tertiary/aromatic N) is 4. The van der Waals surface area contributed by atoms with Crippen molar-refractivity contribution in [2.75, 3.05) is 0 Å². The highest BCUT2D eigenvalue weighted by molar-refractivity contribution is 5.78. The third kappa shape index (κ3) is 5.24. The summed E-state index contributed by atoms with van der Waals surface area (Å²) in [5.41, 5.74) is 6.38. The van der Waals surface area contributed by atoms with E-state index in [4.69, 9.17) is 4.74 Å². The van der Waals surface area contributed by atoms with Gasteiger partial charge in [-0.25, -0.2) is 4.98 Å². The minimum atomic E-state index is 0.427. The second-order valence-corrected chi connectivity index (χ2v) is 7.91. The van der Waals surface area contributed by atoms with Crippen LogP contribution in [-0.2, 0) is 6.61 Å². The first kappa shape index (κ1) is 21.3. The largest absolute Gasteiger partial charge is 0.487 e. The van der Waals surface area contributed by atoms with Crippen molar-refractivity contribution >= 4 is 35.2 Å². The van der Waals surface area contributed by atoms with Crippen LogP contribution >= 0.6 is 0 Å². The van der Waals surface area contributed by atoms with Gasteiger partial charge in [0.1, 0.15) is 12.4 Å². The van der Waals surface area contributed by atoms with Gasteiger partial charge in [-0.05, 0) is 64.7 Å². The number of rotatable bonds is 7. The molecule has 0 bridgehead atoms. The second kappa shape index (κ2) is 9.92. The zero-order valence-electron chi connectivity index (χ0n) is 18.7. The molecule has 6 heteroatoms. The topological polar surface area (TPSA) is 76.6 Å². The van der Waals surface area contributed by atoms with Crippen molar-refractivity contribution in [1.82, 2.24) is 25.6 Å². The second-order valence-electron chi connectivity index (χ2n) is 7.91. The summed E-state index contributed by atoms with van der Waals surface area (Å²) in [4.78, 5) is 4.68. The molecule has 0 atom stereocenters. The van der Waals surface area contributed by atoms with E-state index in [9.17, 15) is 0 Å². The van der Waals surface area contributed by atoms with Gasteiger partial charge in [-0.15, -0.1) is 10.2 Å². The number of aromatic nitrogens is 5. The lowest BCUT2D eigenvalue weighted by atomic mass is 10.0. The molecule has 0 saturated carbocycles. The minimum absolute atomic E-state index is 0.427. The third-order valence-corrected chi connectivity index (χ3v) is 5.44. The van der Waals surface area contributed by atoms with Crippen LogP contribution in [0.1, 0.15) is 33.8 Å². The molecule has 166 valence electrons. The molecule has 5 rings (SSSR count). The molecule has 0 aliphatic rings. The number of H-pyrrole nitrogens is 1. The third-order valence-electron chi connectivity index (χ3n) is 5.44. The predicted octanol–water partition coefficient (Wildman–Crippen LogP) is 5.98. The molecule has 6 nitrogen and oxygen atoms in total. The van der Waals surface area contributed by atoms with E-state index in [1.807, 2.05) is 54.6 Å². The number of pyridine rings is 1. The van der Waals surface area contributed by atoms with Crippen LogP contribution in [0.4, 0.5) is 0 Å². The van der Waals surface area contributed by atoms with E-state index in [2.05, 4.69) is 81.1 Å².